The van der Waals surface area contributed by atoms with Gasteiger partial charge in [-0.15, -0.1) is 0 Å². The molecule has 18 heavy (non-hydrogen) atoms. The van der Waals surface area contributed by atoms with Gasteiger partial charge in [0.1, 0.15) is 0 Å². The molecule has 0 radical (unpaired) electrons. The highest BCUT2D eigenvalue weighted by molar-refractivity contribution is 5.72. The lowest BCUT2D eigenvalue weighted by Gasteiger charge is -2.30. The van der Waals surface area contributed by atoms with Crippen LogP contribution in [0.5, 0.6) is 0 Å². The Hall–Kier alpha value is -0.610. The minimum absolute atomic E-state index is 0.00600. The van der Waals surface area contributed by atoms with Crippen molar-refractivity contribution in [1.82, 2.24) is 5.32 Å². The quantitative estimate of drug-likeness (QED) is 0.779. The Labute approximate surface area is 109 Å². The number of hydrogen-bond donors (Lipinski definition) is 1. The standard InChI is InChI=1S/C14H25NO3/c1-3-17-14(16)11-4-6-12(7-5-11)15-13-8-9-18-10(13)2/h10-13,15H,3-9H2,1-2H3. The fourth-order valence-corrected chi connectivity index (χ4v) is 3.01. The highest BCUT2D eigenvalue weighted by Gasteiger charge is 2.31. The molecule has 0 amide bonds. The summed E-state index contributed by atoms with van der Waals surface area (Å²) in [4.78, 5) is 11.6. The van der Waals surface area contributed by atoms with E-state index >= 15 is 0 Å². The number of rotatable bonds is 4. The second kappa shape index (κ2) is 6.53. The van der Waals surface area contributed by atoms with Crippen LogP contribution in [0.2, 0.25) is 0 Å². The van der Waals surface area contributed by atoms with E-state index in [4.69, 9.17) is 9.47 Å². The van der Waals surface area contributed by atoms with E-state index in [0.29, 0.717) is 24.8 Å². The first kappa shape index (κ1) is 13.8. The number of nitrogens with one attached hydrogen (secondary N) is 1. The molecule has 1 aliphatic heterocycles. The first-order valence-electron chi connectivity index (χ1n) is 7.25. The lowest BCUT2D eigenvalue weighted by Crippen LogP contribution is -2.44. The van der Waals surface area contributed by atoms with Crippen molar-refractivity contribution in [3.63, 3.8) is 0 Å². The Balaban J connectivity index is 1.71. The molecule has 2 fully saturated rings. The first-order valence-corrected chi connectivity index (χ1v) is 7.25. The zero-order valence-electron chi connectivity index (χ0n) is 11.5. The van der Waals surface area contributed by atoms with Gasteiger partial charge < -0.3 is 14.8 Å². The summed E-state index contributed by atoms with van der Waals surface area (Å²) in [7, 11) is 0. The van der Waals surface area contributed by atoms with Crippen LogP contribution < -0.4 is 5.32 Å². The number of esters is 1. The SMILES string of the molecule is CCOC(=O)C1CCC(NC2CCOC2C)CC1. The number of carbonyl (C=O) groups is 1. The van der Waals surface area contributed by atoms with Crippen molar-refractivity contribution in [2.75, 3.05) is 13.2 Å². The molecule has 1 N–H and O–H groups in total. The summed E-state index contributed by atoms with van der Waals surface area (Å²) in [6.45, 7) is 5.37. The molecule has 0 aromatic rings. The monoisotopic (exact) mass is 255 g/mol. The molecule has 2 aliphatic rings. The van der Waals surface area contributed by atoms with Crippen LogP contribution in [0.4, 0.5) is 0 Å². The smallest absolute Gasteiger partial charge is 0.308 e. The summed E-state index contributed by atoms with van der Waals surface area (Å²) < 4.78 is 10.6. The Morgan fingerprint density at radius 1 is 1.28 bits per heavy atom. The summed E-state index contributed by atoms with van der Waals surface area (Å²) >= 11 is 0. The van der Waals surface area contributed by atoms with Crippen LogP contribution >= 0.6 is 0 Å². The van der Waals surface area contributed by atoms with Gasteiger partial charge in [0, 0.05) is 18.7 Å². The molecule has 0 spiro atoms. The van der Waals surface area contributed by atoms with E-state index in [2.05, 4.69) is 12.2 Å². The molecule has 0 bridgehead atoms. The molecular weight excluding hydrogens is 230 g/mol. The molecule has 0 aromatic heterocycles. The van der Waals surface area contributed by atoms with Crippen LogP contribution in [-0.4, -0.2) is 37.4 Å². The normalized spacial score (nSPS) is 36.6. The van der Waals surface area contributed by atoms with E-state index in [0.717, 1.165) is 38.7 Å². The molecular formula is C14H25NO3. The molecule has 2 rings (SSSR count). The van der Waals surface area contributed by atoms with Gasteiger partial charge in [-0.2, -0.15) is 0 Å². The Morgan fingerprint density at radius 3 is 2.56 bits per heavy atom. The summed E-state index contributed by atoms with van der Waals surface area (Å²) in [5.74, 6) is 0.119. The van der Waals surface area contributed by atoms with Gasteiger partial charge in [-0.3, -0.25) is 4.79 Å². The van der Waals surface area contributed by atoms with E-state index in [1.807, 2.05) is 6.92 Å². The Bertz CT molecular complexity index is 274. The maximum atomic E-state index is 11.6. The number of carbonyl (C=O) groups excluding carboxylic acids is 1. The zero-order chi connectivity index (χ0) is 13.0. The third-order valence-electron chi connectivity index (χ3n) is 4.17. The van der Waals surface area contributed by atoms with Crippen LogP contribution in [0.3, 0.4) is 0 Å². The maximum Gasteiger partial charge on any atom is 0.308 e. The molecule has 104 valence electrons. The van der Waals surface area contributed by atoms with Crippen molar-refractivity contribution in [3.05, 3.63) is 0 Å². The van der Waals surface area contributed by atoms with Gasteiger partial charge in [0.15, 0.2) is 0 Å². The Kier molecular flexibility index (Phi) is 5.01. The minimum Gasteiger partial charge on any atom is -0.466 e. The van der Waals surface area contributed by atoms with Gasteiger partial charge in [0.25, 0.3) is 0 Å². The summed E-state index contributed by atoms with van der Waals surface area (Å²) in [6.07, 6.45) is 5.50. The highest BCUT2D eigenvalue weighted by atomic mass is 16.5. The molecule has 4 heteroatoms. The molecule has 1 saturated heterocycles. The molecule has 1 heterocycles. The van der Waals surface area contributed by atoms with Gasteiger partial charge in [0.2, 0.25) is 0 Å². The van der Waals surface area contributed by atoms with Crippen LogP contribution in [-0.2, 0) is 14.3 Å². The van der Waals surface area contributed by atoms with Crippen LogP contribution in [0.15, 0.2) is 0 Å². The topological polar surface area (TPSA) is 47.6 Å². The van der Waals surface area contributed by atoms with Crippen molar-refractivity contribution in [3.8, 4) is 0 Å². The molecule has 0 aromatic carbocycles. The molecule has 1 aliphatic carbocycles. The molecule has 2 atom stereocenters. The number of hydrogen-bond acceptors (Lipinski definition) is 4. The van der Waals surface area contributed by atoms with E-state index in [-0.39, 0.29) is 11.9 Å². The van der Waals surface area contributed by atoms with Crippen molar-refractivity contribution in [1.29, 1.82) is 0 Å². The Morgan fingerprint density at radius 2 is 2.00 bits per heavy atom. The second-order valence-corrected chi connectivity index (χ2v) is 5.44. The third-order valence-corrected chi connectivity index (χ3v) is 4.17. The van der Waals surface area contributed by atoms with Crippen molar-refractivity contribution in [2.45, 2.75) is 64.1 Å². The van der Waals surface area contributed by atoms with Gasteiger partial charge in [0.05, 0.1) is 18.6 Å². The van der Waals surface area contributed by atoms with Gasteiger partial charge >= 0.3 is 5.97 Å². The molecule has 2 unspecified atom stereocenters. The predicted octanol–water partition coefficient (Wildman–Crippen LogP) is 1.88. The van der Waals surface area contributed by atoms with Crippen LogP contribution in [0.25, 0.3) is 0 Å². The van der Waals surface area contributed by atoms with Gasteiger partial charge in [-0.05, 0) is 46.0 Å². The number of ether oxygens (including phenoxy) is 2. The first-order chi connectivity index (χ1) is 8.70. The van der Waals surface area contributed by atoms with E-state index in [1.54, 1.807) is 0 Å². The lowest BCUT2D eigenvalue weighted by molar-refractivity contribution is -0.149. The van der Waals surface area contributed by atoms with Crippen molar-refractivity contribution < 1.29 is 14.3 Å². The summed E-state index contributed by atoms with van der Waals surface area (Å²) in [5.41, 5.74) is 0. The second-order valence-electron chi connectivity index (χ2n) is 5.44. The minimum atomic E-state index is -0.00600. The highest BCUT2D eigenvalue weighted by Crippen LogP contribution is 2.26. The third kappa shape index (κ3) is 3.45. The fraction of sp³-hybridized carbons (Fsp3) is 0.929. The molecule has 1 saturated carbocycles. The summed E-state index contributed by atoms with van der Waals surface area (Å²) in [6, 6.07) is 1.04. The van der Waals surface area contributed by atoms with Gasteiger partial charge in [-0.25, -0.2) is 0 Å². The van der Waals surface area contributed by atoms with Crippen LogP contribution in [0.1, 0.15) is 46.0 Å². The average molecular weight is 255 g/mol. The molecule has 4 nitrogen and oxygen atoms in total. The van der Waals surface area contributed by atoms with E-state index in [9.17, 15) is 4.79 Å². The van der Waals surface area contributed by atoms with Crippen molar-refractivity contribution >= 4 is 5.97 Å². The van der Waals surface area contributed by atoms with Crippen molar-refractivity contribution in [2.24, 2.45) is 5.92 Å². The van der Waals surface area contributed by atoms with Gasteiger partial charge in [-0.1, -0.05) is 0 Å². The maximum absolute atomic E-state index is 11.6. The van der Waals surface area contributed by atoms with Crippen LogP contribution in [0, 0.1) is 5.92 Å². The lowest BCUT2D eigenvalue weighted by atomic mass is 9.85. The zero-order valence-corrected chi connectivity index (χ0v) is 11.5. The summed E-state index contributed by atoms with van der Waals surface area (Å²) in [5, 5.41) is 3.68. The van der Waals surface area contributed by atoms with E-state index < -0.39 is 0 Å². The largest absolute Gasteiger partial charge is 0.466 e. The van der Waals surface area contributed by atoms with E-state index in [1.165, 1.54) is 0 Å². The predicted molar refractivity (Wildman–Crippen MR) is 69.3 cm³/mol. The fourth-order valence-electron chi connectivity index (χ4n) is 3.01. The average Bonchev–Trinajstić information content (AvgIpc) is 2.76.